The number of esters is 1. The van der Waals surface area contributed by atoms with Crippen molar-refractivity contribution in [3.8, 4) is 5.75 Å². The lowest BCUT2D eigenvalue weighted by Crippen LogP contribution is -2.35. The Balaban J connectivity index is 2.10. The number of nitrogens with one attached hydrogen (secondary N) is 1. The molecular weight excluding hydrogens is 432 g/mol. The zero-order valence-electron chi connectivity index (χ0n) is 16.8. The van der Waals surface area contributed by atoms with Crippen LogP contribution >= 0.6 is 11.6 Å². The summed E-state index contributed by atoms with van der Waals surface area (Å²) in [6, 6.07) is 10.4. The van der Waals surface area contributed by atoms with Crippen LogP contribution in [0, 0.1) is 0 Å². The van der Waals surface area contributed by atoms with Crippen molar-refractivity contribution < 1.29 is 27.5 Å². The van der Waals surface area contributed by atoms with Crippen LogP contribution in [0.15, 0.2) is 47.4 Å². The molecule has 162 valence electrons. The molecule has 1 N–H and O–H groups in total. The van der Waals surface area contributed by atoms with E-state index in [1.165, 1.54) is 49.5 Å². The second-order valence-corrected chi connectivity index (χ2v) is 8.58. The average molecular weight is 455 g/mol. The first-order chi connectivity index (χ1) is 14.2. The zero-order chi connectivity index (χ0) is 22.3. The van der Waals surface area contributed by atoms with Gasteiger partial charge in [-0.3, -0.25) is 4.79 Å². The number of hydrogen-bond donors (Lipinski definition) is 1. The van der Waals surface area contributed by atoms with Crippen molar-refractivity contribution in [3.63, 3.8) is 0 Å². The van der Waals surface area contributed by atoms with Gasteiger partial charge in [0.1, 0.15) is 10.6 Å². The van der Waals surface area contributed by atoms with E-state index in [-0.39, 0.29) is 28.9 Å². The van der Waals surface area contributed by atoms with Gasteiger partial charge in [0.25, 0.3) is 0 Å². The summed E-state index contributed by atoms with van der Waals surface area (Å²) in [4.78, 5) is 23.9. The minimum Gasteiger partial charge on any atom is -0.492 e. The molecule has 0 saturated carbocycles. The van der Waals surface area contributed by atoms with E-state index in [1.54, 1.807) is 13.8 Å². The van der Waals surface area contributed by atoms with E-state index < -0.39 is 28.4 Å². The Kier molecular flexibility index (Phi) is 8.22. The lowest BCUT2D eigenvalue weighted by molar-refractivity contribution is -0.116. The van der Waals surface area contributed by atoms with Gasteiger partial charge in [0.05, 0.1) is 25.3 Å². The number of sulfonamides is 1. The maximum atomic E-state index is 12.9. The van der Waals surface area contributed by atoms with Gasteiger partial charge in [0.2, 0.25) is 15.9 Å². The summed E-state index contributed by atoms with van der Waals surface area (Å²) in [6.07, 6.45) is 0. The molecular formula is C20H23ClN2O6S. The van der Waals surface area contributed by atoms with E-state index in [1.807, 2.05) is 0 Å². The van der Waals surface area contributed by atoms with E-state index in [0.29, 0.717) is 11.3 Å². The van der Waals surface area contributed by atoms with Crippen LogP contribution in [-0.4, -0.2) is 51.4 Å². The molecule has 2 rings (SSSR count). The van der Waals surface area contributed by atoms with Crippen LogP contribution in [0.25, 0.3) is 0 Å². The highest BCUT2D eigenvalue weighted by Gasteiger charge is 2.27. The van der Waals surface area contributed by atoms with Crippen LogP contribution in [0.3, 0.4) is 0 Å². The van der Waals surface area contributed by atoms with Gasteiger partial charge in [-0.15, -0.1) is 0 Å². The quantitative estimate of drug-likeness (QED) is 0.584. The Labute approximate surface area is 180 Å². The smallest absolute Gasteiger partial charge is 0.338 e. The summed E-state index contributed by atoms with van der Waals surface area (Å²) < 4.78 is 37.0. The third-order valence-corrected chi connectivity index (χ3v) is 6.00. The number of amides is 1. The average Bonchev–Trinajstić information content (AvgIpc) is 2.70. The van der Waals surface area contributed by atoms with Gasteiger partial charge < -0.3 is 14.8 Å². The summed E-state index contributed by atoms with van der Waals surface area (Å²) in [5.41, 5.74) is 0.760. The monoisotopic (exact) mass is 454 g/mol. The van der Waals surface area contributed by atoms with Crippen LogP contribution in [0.5, 0.6) is 5.75 Å². The van der Waals surface area contributed by atoms with E-state index in [2.05, 4.69) is 5.32 Å². The Morgan fingerprint density at radius 2 is 1.73 bits per heavy atom. The number of likely N-dealkylation sites (N-methyl/N-ethyl adjacent to an activating group) is 1. The largest absolute Gasteiger partial charge is 0.492 e. The summed E-state index contributed by atoms with van der Waals surface area (Å²) in [5.74, 6) is -0.860. The molecule has 0 aliphatic heterocycles. The van der Waals surface area contributed by atoms with E-state index in [0.717, 1.165) is 4.31 Å². The molecule has 0 bridgehead atoms. The second kappa shape index (κ2) is 10.4. The normalized spacial score (nSPS) is 11.2. The molecule has 0 fully saturated rings. The molecule has 0 radical (unpaired) electrons. The fourth-order valence-corrected chi connectivity index (χ4v) is 4.03. The molecule has 8 nitrogen and oxygen atoms in total. The highest BCUT2D eigenvalue weighted by Crippen LogP contribution is 2.29. The van der Waals surface area contributed by atoms with Gasteiger partial charge in [0.15, 0.2) is 0 Å². The molecule has 30 heavy (non-hydrogen) atoms. The van der Waals surface area contributed by atoms with Crippen molar-refractivity contribution in [3.05, 3.63) is 53.1 Å². The Morgan fingerprint density at radius 3 is 2.33 bits per heavy atom. The van der Waals surface area contributed by atoms with Gasteiger partial charge in [-0.1, -0.05) is 11.6 Å². The standard InChI is InChI=1S/C20H23ClN2O6S/c1-4-28-17-11-8-15(21)12-18(17)30(26,27)23(3)13-19(24)22-16-9-6-14(7-10-16)20(25)29-5-2/h6-12H,4-5,13H2,1-3H3,(H,22,24). The maximum absolute atomic E-state index is 12.9. The molecule has 0 aromatic heterocycles. The van der Waals surface area contributed by atoms with Gasteiger partial charge in [0, 0.05) is 17.8 Å². The summed E-state index contributed by atoms with van der Waals surface area (Å²) in [7, 11) is -2.74. The number of ether oxygens (including phenoxy) is 2. The molecule has 0 heterocycles. The van der Waals surface area contributed by atoms with E-state index in [9.17, 15) is 18.0 Å². The number of hydrogen-bond acceptors (Lipinski definition) is 6. The molecule has 10 heteroatoms. The molecule has 2 aromatic carbocycles. The third kappa shape index (κ3) is 5.94. The molecule has 0 unspecified atom stereocenters. The minimum atomic E-state index is -4.02. The van der Waals surface area contributed by atoms with Crippen molar-refractivity contribution in [2.45, 2.75) is 18.7 Å². The van der Waals surface area contributed by atoms with E-state index in [4.69, 9.17) is 21.1 Å². The highest BCUT2D eigenvalue weighted by atomic mass is 35.5. The fourth-order valence-electron chi connectivity index (χ4n) is 2.52. The number of carbonyl (C=O) groups is 2. The van der Waals surface area contributed by atoms with Crippen LogP contribution in [-0.2, 0) is 19.6 Å². The number of halogens is 1. The van der Waals surface area contributed by atoms with Gasteiger partial charge in [-0.25, -0.2) is 13.2 Å². The fraction of sp³-hybridized carbons (Fsp3) is 0.300. The number of benzene rings is 2. The van der Waals surface area contributed by atoms with Crippen molar-refractivity contribution in [2.75, 3.05) is 32.1 Å². The van der Waals surface area contributed by atoms with Gasteiger partial charge in [-0.2, -0.15) is 4.31 Å². The molecule has 1 amide bonds. The molecule has 0 aliphatic rings. The van der Waals surface area contributed by atoms with Crippen molar-refractivity contribution in [2.24, 2.45) is 0 Å². The van der Waals surface area contributed by atoms with Gasteiger partial charge in [-0.05, 0) is 56.3 Å². The predicted octanol–water partition coefficient (Wildman–Crippen LogP) is 3.17. The number of rotatable bonds is 9. The summed E-state index contributed by atoms with van der Waals surface area (Å²) in [6.45, 7) is 3.54. The third-order valence-electron chi connectivity index (χ3n) is 3.94. The maximum Gasteiger partial charge on any atom is 0.338 e. The first-order valence-corrected chi connectivity index (χ1v) is 11.0. The van der Waals surface area contributed by atoms with Crippen molar-refractivity contribution in [1.82, 2.24) is 4.31 Å². The van der Waals surface area contributed by atoms with Crippen molar-refractivity contribution in [1.29, 1.82) is 0 Å². The topological polar surface area (TPSA) is 102 Å². The Bertz CT molecular complexity index is 1010. The first kappa shape index (κ1) is 23.7. The molecule has 0 aliphatic carbocycles. The molecule has 0 atom stereocenters. The van der Waals surface area contributed by atoms with Gasteiger partial charge >= 0.3 is 5.97 Å². The summed E-state index contributed by atoms with van der Waals surface area (Å²) in [5, 5.41) is 2.82. The Hall–Kier alpha value is -2.62. The number of carbonyl (C=O) groups excluding carboxylic acids is 2. The van der Waals surface area contributed by atoms with E-state index >= 15 is 0 Å². The minimum absolute atomic E-state index is 0.120. The molecule has 2 aromatic rings. The van der Waals surface area contributed by atoms with Crippen LogP contribution < -0.4 is 10.1 Å². The number of nitrogens with zero attached hydrogens (tertiary/aromatic N) is 1. The van der Waals surface area contributed by atoms with Crippen LogP contribution in [0.4, 0.5) is 5.69 Å². The molecule has 0 spiro atoms. The summed E-state index contributed by atoms with van der Waals surface area (Å²) >= 11 is 5.94. The SMILES string of the molecule is CCOC(=O)c1ccc(NC(=O)CN(C)S(=O)(=O)c2cc(Cl)ccc2OCC)cc1. The molecule has 0 saturated heterocycles. The highest BCUT2D eigenvalue weighted by molar-refractivity contribution is 7.89. The van der Waals surface area contributed by atoms with Crippen LogP contribution in [0.2, 0.25) is 5.02 Å². The first-order valence-electron chi connectivity index (χ1n) is 9.14. The lowest BCUT2D eigenvalue weighted by Gasteiger charge is -2.19. The lowest BCUT2D eigenvalue weighted by atomic mass is 10.2. The van der Waals surface area contributed by atoms with Crippen molar-refractivity contribution >= 4 is 39.2 Å². The second-order valence-electron chi connectivity index (χ2n) is 6.13. The van der Waals surface area contributed by atoms with Crippen LogP contribution in [0.1, 0.15) is 24.2 Å². The predicted molar refractivity (Wildman–Crippen MR) is 113 cm³/mol. The Morgan fingerprint density at radius 1 is 1.07 bits per heavy atom. The zero-order valence-corrected chi connectivity index (χ0v) is 18.4. The number of anilines is 1.